The number of nitrogens with one attached hydrogen (secondary N) is 2. The van der Waals surface area contributed by atoms with Crippen molar-refractivity contribution in [1.29, 1.82) is 0 Å². The van der Waals surface area contributed by atoms with Gasteiger partial charge in [0.15, 0.2) is 12.1 Å². The zero-order valence-electron chi connectivity index (χ0n) is 21.8. The lowest BCUT2D eigenvalue weighted by atomic mass is 10.00. The molecule has 2 atom stereocenters. The van der Waals surface area contributed by atoms with Crippen LogP contribution in [0.1, 0.15) is 32.5 Å². The minimum absolute atomic E-state index is 0.188. The van der Waals surface area contributed by atoms with Crippen molar-refractivity contribution in [2.75, 3.05) is 44.7 Å². The molecule has 2 aromatic carbocycles. The van der Waals surface area contributed by atoms with Crippen LogP contribution in [0.2, 0.25) is 0 Å². The molecular weight excluding hydrogens is 516 g/mol. The van der Waals surface area contributed by atoms with E-state index >= 15 is 0 Å². The molecule has 0 aliphatic carbocycles. The van der Waals surface area contributed by atoms with E-state index < -0.39 is 18.2 Å². The summed E-state index contributed by atoms with van der Waals surface area (Å²) in [4.78, 5) is 43.4. The van der Waals surface area contributed by atoms with Crippen molar-refractivity contribution < 1.29 is 23.9 Å². The van der Waals surface area contributed by atoms with Gasteiger partial charge in [0.05, 0.1) is 24.6 Å². The van der Waals surface area contributed by atoms with Crippen LogP contribution in [0.25, 0.3) is 0 Å². The molecule has 3 heterocycles. The van der Waals surface area contributed by atoms with Crippen LogP contribution in [0, 0.1) is 6.92 Å². The average Bonchev–Trinajstić information content (AvgIpc) is 3.59. The second-order valence-corrected chi connectivity index (χ2v) is 10.6. The molecule has 2 unspecified atom stereocenters. The zero-order chi connectivity index (χ0) is 27.2. The summed E-state index contributed by atoms with van der Waals surface area (Å²) in [5.74, 6) is -0.450. The van der Waals surface area contributed by atoms with Crippen LogP contribution in [0.15, 0.2) is 66.0 Å². The number of hydrogen-bond donors (Lipinski definition) is 2. The Kier molecular flexibility index (Phi) is 8.55. The molecule has 2 aliphatic rings. The van der Waals surface area contributed by atoms with E-state index in [-0.39, 0.29) is 18.4 Å². The number of aryl methyl sites for hydroxylation is 1. The molecule has 2 aliphatic heterocycles. The summed E-state index contributed by atoms with van der Waals surface area (Å²) in [6, 6.07) is 17.7. The summed E-state index contributed by atoms with van der Waals surface area (Å²) in [6.07, 6.45) is -1.32. The van der Waals surface area contributed by atoms with Gasteiger partial charge < -0.3 is 20.1 Å². The number of hydrogen-bond acceptors (Lipinski definition) is 7. The van der Waals surface area contributed by atoms with Crippen molar-refractivity contribution in [2.45, 2.75) is 25.6 Å². The second-order valence-electron chi connectivity index (χ2n) is 9.66. The van der Waals surface area contributed by atoms with Crippen LogP contribution in [0.3, 0.4) is 0 Å². The van der Waals surface area contributed by atoms with Crippen molar-refractivity contribution in [3.63, 3.8) is 0 Å². The standard InChI is InChI=1S/C29H32N4O5S/c1-20-4-2-5-21(18-20)19-33-25(28(35)30-11-12-32-13-15-37-16-14-32)26(38-29(33)36)22-7-9-23(10-8-22)31-27(34)24-6-3-17-39-24/h2-10,17-18,25-26H,11-16,19H2,1H3,(H,30,35)(H,31,34). The molecule has 1 aromatic heterocycles. The molecule has 0 bridgehead atoms. The molecule has 2 saturated heterocycles. The fourth-order valence-corrected chi connectivity index (χ4v) is 5.46. The molecule has 5 rings (SSSR count). The molecule has 0 spiro atoms. The summed E-state index contributed by atoms with van der Waals surface area (Å²) in [5, 5.41) is 7.74. The lowest BCUT2D eigenvalue weighted by Gasteiger charge is -2.28. The Morgan fingerprint density at radius 3 is 2.56 bits per heavy atom. The molecule has 39 heavy (non-hydrogen) atoms. The first kappa shape index (κ1) is 26.9. The van der Waals surface area contributed by atoms with Gasteiger partial charge in [-0.25, -0.2) is 4.79 Å². The highest BCUT2D eigenvalue weighted by atomic mass is 32.1. The zero-order valence-corrected chi connectivity index (χ0v) is 22.6. The summed E-state index contributed by atoms with van der Waals surface area (Å²) >= 11 is 1.37. The molecule has 3 aromatic rings. The van der Waals surface area contributed by atoms with E-state index in [0.29, 0.717) is 42.4 Å². The number of morpholine rings is 1. The van der Waals surface area contributed by atoms with Gasteiger partial charge in [0, 0.05) is 31.9 Å². The predicted molar refractivity (Wildman–Crippen MR) is 149 cm³/mol. The number of rotatable bonds is 9. The Morgan fingerprint density at radius 2 is 1.85 bits per heavy atom. The van der Waals surface area contributed by atoms with E-state index in [1.165, 1.54) is 16.2 Å². The van der Waals surface area contributed by atoms with Crippen molar-refractivity contribution >= 4 is 34.9 Å². The van der Waals surface area contributed by atoms with Gasteiger partial charge in [-0.05, 0) is 41.6 Å². The third-order valence-corrected chi connectivity index (χ3v) is 7.73. The predicted octanol–water partition coefficient (Wildman–Crippen LogP) is 3.82. The SMILES string of the molecule is Cc1cccc(CN2C(=O)OC(c3ccc(NC(=O)c4cccs4)cc3)C2C(=O)NCCN2CCOCC2)c1. The average molecular weight is 549 g/mol. The molecule has 204 valence electrons. The van der Waals surface area contributed by atoms with Gasteiger partial charge in [0.25, 0.3) is 5.91 Å². The Morgan fingerprint density at radius 1 is 1.05 bits per heavy atom. The fraction of sp³-hybridized carbons (Fsp3) is 0.345. The molecule has 10 heteroatoms. The molecule has 0 saturated carbocycles. The van der Waals surface area contributed by atoms with Crippen molar-refractivity contribution in [1.82, 2.24) is 15.1 Å². The smallest absolute Gasteiger partial charge is 0.411 e. The number of carbonyl (C=O) groups excluding carboxylic acids is 3. The second kappa shape index (κ2) is 12.4. The lowest BCUT2D eigenvalue weighted by Crippen LogP contribution is -2.48. The van der Waals surface area contributed by atoms with Crippen LogP contribution in [-0.2, 0) is 20.8 Å². The van der Waals surface area contributed by atoms with E-state index in [1.54, 1.807) is 30.3 Å². The number of carbonyl (C=O) groups is 3. The third-order valence-electron chi connectivity index (χ3n) is 6.86. The van der Waals surface area contributed by atoms with Gasteiger partial charge in [-0.15, -0.1) is 11.3 Å². The number of amides is 3. The van der Waals surface area contributed by atoms with E-state index in [1.807, 2.05) is 42.6 Å². The summed E-state index contributed by atoms with van der Waals surface area (Å²) < 4.78 is 11.2. The van der Waals surface area contributed by atoms with Gasteiger partial charge in [-0.3, -0.25) is 19.4 Å². The van der Waals surface area contributed by atoms with Crippen LogP contribution >= 0.6 is 11.3 Å². The lowest BCUT2D eigenvalue weighted by molar-refractivity contribution is -0.126. The van der Waals surface area contributed by atoms with E-state index in [2.05, 4.69) is 15.5 Å². The van der Waals surface area contributed by atoms with Gasteiger partial charge in [-0.1, -0.05) is 48.0 Å². The highest BCUT2D eigenvalue weighted by Gasteiger charge is 2.47. The summed E-state index contributed by atoms with van der Waals surface area (Å²) in [7, 11) is 0. The Labute approximate surface area is 231 Å². The molecule has 0 radical (unpaired) electrons. The summed E-state index contributed by atoms with van der Waals surface area (Å²) in [6.45, 7) is 6.46. The normalized spacial score (nSPS) is 19.5. The van der Waals surface area contributed by atoms with Crippen molar-refractivity contribution in [3.8, 4) is 0 Å². The first-order chi connectivity index (χ1) is 19.0. The quantitative estimate of drug-likeness (QED) is 0.422. The first-order valence-corrected chi connectivity index (χ1v) is 13.9. The fourth-order valence-electron chi connectivity index (χ4n) is 4.84. The van der Waals surface area contributed by atoms with Crippen molar-refractivity contribution in [3.05, 3.63) is 87.6 Å². The number of thiophene rings is 1. The Balaban J connectivity index is 1.32. The molecule has 9 nitrogen and oxygen atoms in total. The van der Waals surface area contributed by atoms with Gasteiger partial charge >= 0.3 is 6.09 Å². The van der Waals surface area contributed by atoms with Crippen LogP contribution in [0.4, 0.5) is 10.5 Å². The maximum Gasteiger partial charge on any atom is 0.411 e. The number of nitrogens with zero attached hydrogens (tertiary/aromatic N) is 2. The molecule has 2 fully saturated rings. The number of benzene rings is 2. The third kappa shape index (κ3) is 6.65. The highest BCUT2D eigenvalue weighted by molar-refractivity contribution is 7.12. The van der Waals surface area contributed by atoms with Crippen LogP contribution < -0.4 is 10.6 Å². The minimum Gasteiger partial charge on any atom is -0.438 e. The Bertz CT molecular complexity index is 1290. The molecular formula is C29H32N4O5S. The van der Waals surface area contributed by atoms with E-state index in [4.69, 9.17) is 9.47 Å². The Hall–Kier alpha value is -3.73. The summed E-state index contributed by atoms with van der Waals surface area (Å²) in [5.41, 5.74) is 3.29. The first-order valence-electron chi connectivity index (χ1n) is 13.0. The van der Waals surface area contributed by atoms with Crippen LogP contribution in [-0.4, -0.2) is 73.1 Å². The molecule has 2 N–H and O–H groups in total. The topological polar surface area (TPSA) is 100 Å². The molecule has 3 amide bonds. The van der Waals surface area contributed by atoms with E-state index in [9.17, 15) is 14.4 Å². The maximum atomic E-state index is 13.5. The van der Waals surface area contributed by atoms with Gasteiger partial charge in [0.1, 0.15) is 0 Å². The largest absolute Gasteiger partial charge is 0.438 e. The highest BCUT2D eigenvalue weighted by Crippen LogP contribution is 2.34. The van der Waals surface area contributed by atoms with Crippen molar-refractivity contribution in [2.24, 2.45) is 0 Å². The van der Waals surface area contributed by atoms with E-state index in [0.717, 1.165) is 24.2 Å². The maximum absolute atomic E-state index is 13.5. The van der Waals surface area contributed by atoms with Gasteiger partial charge in [-0.2, -0.15) is 0 Å². The van der Waals surface area contributed by atoms with Gasteiger partial charge in [0.2, 0.25) is 5.91 Å². The van der Waals surface area contributed by atoms with Crippen LogP contribution in [0.5, 0.6) is 0 Å². The number of cyclic esters (lactones) is 1. The monoisotopic (exact) mass is 548 g/mol. The number of anilines is 1. The minimum atomic E-state index is -0.839. The number of ether oxygens (including phenoxy) is 2.